The van der Waals surface area contributed by atoms with Crippen LogP contribution in [0.1, 0.15) is 47.2 Å². The lowest BCUT2D eigenvalue weighted by Gasteiger charge is -2.13. The Morgan fingerprint density at radius 1 is 1.18 bits per heavy atom. The number of carbonyl (C=O) groups is 1. The third kappa shape index (κ3) is 4.03. The normalized spacial score (nSPS) is 12.6. The van der Waals surface area contributed by atoms with Crippen LogP contribution in [0, 0.1) is 0 Å². The number of hydrogen-bond donors (Lipinski definition) is 1. The van der Waals surface area contributed by atoms with E-state index in [9.17, 15) is 18.0 Å². The summed E-state index contributed by atoms with van der Waals surface area (Å²) >= 11 is 0. The predicted molar refractivity (Wildman–Crippen MR) is 95.9 cm³/mol. The summed E-state index contributed by atoms with van der Waals surface area (Å²) in [5, 5.41) is 7.03. The van der Waals surface area contributed by atoms with Crippen molar-refractivity contribution in [1.29, 1.82) is 0 Å². The van der Waals surface area contributed by atoms with Crippen molar-refractivity contribution in [3.8, 4) is 5.69 Å². The molecule has 3 rings (SSSR count). The summed E-state index contributed by atoms with van der Waals surface area (Å²) in [6.07, 6.45) is 2.13. The quantitative estimate of drug-likeness (QED) is 0.722. The van der Waals surface area contributed by atoms with Gasteiger partial charge in [-0.25, -0.2) is 4.68 Å². The van der Waals surface area contributed by atoms with E-state index >= 15 is 0 Å². The van der Waals surface area contributed by atoms with Gasteiger partial charge in [-0.05, 0) is 37.6 Å². The molecule has 146 valence electrons. The van der Waals surface area contributed by atoms with E-state index < -0.39 is 11.7 Å². The molecule has 2 aromatic heterocycles. The number of hydrogen-bond acceptors (Lipinski definition) is 4. The molecule has 0 spiro atoms. The van der Waals surface area contributed by atoms with Gasteiger partial charge in [0.1, 0.15) is 0 Å². The number of amides is 1. The lowest BCUT2D eigenvalue weighted by Crippen LogP contribution is -2.28. The van der Waals surface area contributed by atoms with Crippen molar-refractivity contribution < 1.29 is 18.0 Å². The number of nitrogens with one attached hydrogen (secondary N) is 1. The van der Waals surface area contributed by atoms with Crippen LogP contribution < -0.4 is 5.32 Å². The van der Waals surface area contributed by atoms with Gasteiger partial charge in [0.05, 0.1) is 46.6 Å². The first-order chi connectivity index (χ1) is 13.3. The Hall–Kier alpha value is -3.23. The van der Waals surface area contributed by atoms with E-state index in [1.54, 1.807) is 19.3 Å². The number of nitrogens with zero attached hydrogens (tertiary/aromatic N) is 4. The monoisotopic (exact) mass is 389 g/mol. The number of rotatable bonds is 5. The largest absolute Gasteiger partial charge is 0.416 e. The predicted octanol–water partition coefficient (Wildman–Crippen LogP) is 3.73. The maximum Gasteiger partial charge on any atom is 0.416 e. The SMILES string of the molecule is CCc1c(C(=O)N[C@@H](C)c2cnccn2)cnn1-c1ccc(C(F)(F)F)cc1. The van der Waals surface area contributed by atoms with Gasteiger partial charge in [0.25, 0.3) is 5.91 Å². The highest BCUT2D eigenvalue weighted by molar-refractivity contribution is 5.95. The van der Waals surface area contributed by atoms with Crippen LogP contribution in [-0.2, 0) is 12.6 Å². The molecule has 28 heavy (non-hydrogen) atoms. The van der Waals surface area contributed by atoms with Crippen LogP contribution >= 0.6 is 0 Å². The van der Waals surface area contributed by atoms with Crippen molar-refractivity contribution in [2.75, 3.05) is 0 Å². The molecule has 0 unspecified atom stereocenters. The van der Waals surface area contributed by atoms with E-state index in [1.165, 1.54) is 29.2 Å². The minimum atomic E-state index is -4.41. The summed E-state index contributed by atoms with van der Waals surface area (Å²) in [5.74, 6) is -0.340. The van der Waals surface area contributed by atoms with Crippen LogP contribution in [0.15, 0.2) is 49.1 Å². The first-order valence-corrected chi connectivity index (χ1v) is 8.62. The fourth-order valence-corrected chi connectivity index (χ4v) is 2.80. The van der Waals surface area contributed by atoms with Gasteiger partial charge in [-0.3, -0.25) is 14.8 Å². The topological polar surface area (TPSA) is 72.7 Å². The molecule has 0 radical (unpaired) electrons. The molecule has 1 amide bonds. The molecule has 0 saturated heterocycles. The van der Waals surface area contributed by atoms with Crippen LogP contribution in [-0.4, -0.2) is 25.7 Å². The van der Waals surface area contributed by atoms with Gasteiger partial charge in [-0.1, -0.05) is 6.92 Å². The summed E-state index contributed by atoms with van der Waals surface area (Å²) in [6.45, 7) is 3.63. The summed E-state index contributed by atoms with van der Waals surface area (Å²) < 4.78 is 39.7. The lowest BCUT2D eigenvalue weighted by atomic mass is 10.1. The summed E-state index contributed by atoms with van der Waals surface area (Å²) in [5.41, 5.74) is 1.29. The third-order valence-corrected chi connectivity index (χ3v) is 4.26. The van der Waals surface area contributed by atoms with Crippen molar-refractivity contribution in [1.82, 2.24) is 25.1 Å². The molecule has 0 saturated carbocycles. The molecule has 0 fully saturated rings. The Labute approximate surface area is 159 Å². The highest BCUT2D eigenvalue weighted by Gasteiger charge is 2.30. The van der Waals surface area contributed by atoms with Crippen LogP contribution in [0.25, 0.3) is 5.69 Å². The van der Waals surface area contributed by atoms with Gasteiger partial charge in [-0.2, -0.15) is 18.3 Å². The van der Waals surface area contributed by atoms with Crippen LogP contribution in [0.4, 0.5) is 13.2 Å². The van der Waals surface area contributed by atoms with E-state index in [0.717, 1.165) is 12.1 Å². The number of alkyl halides is 3. The van der Waals surface area contributed by atoms with E-state index in [4.69, 9.17) is 0 Å². The molecule has 1 aromatic carbocycles. The average molecular weight is 389 g/mol. The zero-order chi connectivity index (χ0) is 20.3. The second kappa shape index (κ2) is 7.79. The maximum absolute atomic E-state index is 12.8. The van der Waals surface area contributed by atoms with E-state index in [0.29, 0.717) is 29.1 Å². The molecule has 1 N–H and O–H groups in total. The summed E-state index contributed by atoms with van der Waals surface area (Å²) in [6, 6.07) is 4.29. The highest BCUT2D eigenvalue weighted by Crippen LogP contribution is 2.30. The molecule has 1 atom stereocenters. The standard InChI is InChI=1S/C19H18F3N5O/c1-3-17-15(18(28)26-12(2)16-11-23-8-9-24-16)10-25-27(17)14-6-4-13(5-7-14)19(20,21)22/h4-12H,3H2,1-2H3,(H,26,28)/t12-/m0/s1. The first-order valence-electron chi connectivity index (χ1n) is 8.62. The van der Waals surface area contributed by atoms with Gasteiger partial charge >= 0.3 is 6.18 Å². The molecule has 9 heteroatoms. The number of carbonyl (C=O) groups excluding carboxylic acids is 1. The molecule has 0 aliphatic rings. The van der Waals surface area contributed by atoms with Gasteiger partial charge in [0.2, 0.25) is 0 Å². The van der Waals surface area contributed by atoms with Crippen molar-refractivity contribution in [2.24, 2.45) is 0 Å². The molecule has 0 bridgehead atoms. The molecule has 0 aliphatic heterocycles. The average Bonchev–Trinajstić information content (AvgIpc) is 3.12. The number of benzene rings is 1. The first kappa shape index (κ1) is 19.5. The molecular formula is C19H18F3N5O. The second-order valence-electron chi connectivity index (χ2n) is 6.14. The van der Waals surface area contributed by atoms with Gasteiger partial charge in [-0.15, -0.1) is 0 Å². The second-order valence-corrected chi connectivity index (χ2v) is 6.14. The molecule has 3 aromatic rings. The number of aromatic nitrogens is 4. The maximum atomic E-state index is 12.8. The molecule has 0 aliphatic carbocycles. The summed E-state index contributed by atoms with van der Waals surface area (Å²) in [7, 11) is 0. The van der Waals surface area contributed by atoms with E-state index in [2.05, 4.69) is 20.4 Å². The van der Waals surface area contributed by atoms with Crippen molar-refractivity contribution in [3.05, 3.63) is 71.6 Å². The molecule has 6 nitrogen and oxygen atoms in total. The fourth-order valence-electron chi connectivity index (χ4n) is 2.80. The third-order valence-electron chi connectivity index (χ3n) is 4.26. The Kier molecular flexibility index (Phi) is 5.43. The number of halogens is 3. The minimum absolute atomic E-state index is 0.340. The Morgan fingerprint density at radius 2 is 1.89 bits per heavy atom. The summed E-state index contributed by atoms with van der Waals surface area (Å²) in [4.78, 5) is 20.8. The Balaban J connectivity index is 1.84. The lowest BCUT2D eigenvalue weighted by molar-refractivity contribution is -0.137. The Morgan fingerprint density at radius 3 is 2.46 bits per heavy atom. The Bertz CT molecular complexity index is 952. The minimum Gasteiger partial charge on any atom is -0.344 e. The van der Waals surface area contributed by atoms with E-state index in [1.807, 2.05) is 6.92 Å². The van der Waals surface area contributed by atoms with Crippen LogP contribution in [0.2, 0.25) is 0 Å². The molecular weight excluding hydrogens is 371 g/mol. The zero-order valence-corrected chi connectivity index (χ0v) is 15.2. The van der Waals surface area contributed by atoms with Crippen molar-refractivity contribution in [3.63, 3.8) is 0 Å². The smallest absolute Gasteiger partial charge is 0.344 e. The van der Waals surface area contributed by atoms with Crippen LogP contribution in [0.3, 0.4) is 0 Å². The van der Waals surface area contributed by atoms with Crippen molar-refractivity contribution in [2.45, 2.75) is 32.5 Å². The van der Waals surface area contributed by atoms with Gasteiger partial charge in [0, 0.05) is 12.4 Å². The van der Waals surface area contributed by atoms with Crippen LogP contribution in [0.5, 0.6) is 0 Å². The zero-order valence-electron chi connectivity index (χ0n) is 15.2. The van der Waals surface area contributed by atoms with Gasteiger partial charge in [0.15, 0.2) is 0 Å². The highest BCUT2D eigenvalue weighted by atomic mass is 19.4. The van der Waals surface area contributed by atoms with E-state index in [-0.39, 0.29) is 11.9 Å². The molecule has 2 heterocycles. The van der Waals surface area contributed by atoms with Gasteiger partial charge < -0.3 is 5.32 Å². The fraction of sp³-hybridized carbons (Fsp3) is 0.263. The van der Waals surface area contributed by atoms with Crippen molar-refractivity contribution >= 4 is 5.91 Å².